The minimum atomic E-state index is -2.87. The lowest BCUT2D eigenvalue weighted by molar-refractivity contribution is 0.136. The molecule has 1 heterocycles. The van der Waals surface area contributed by atoms with Crippen molar-refractivity contribution in [2.45, 2.75) is 26.4 Å². The molecule has 0 saturated heterocycles. The van der Waals surface area contributed by atoms with Crippen LogP contribution in [-0.4, -0.2) is 12.2 Å². The summed E-state index contributed by atoms with van der Waals surface area (Å²) in [6, 6.07) is 0. The monoisotopic (exact) mass is 176 g/mol. The van der Waals surface area contributed by atoms with Crippen LogP contribution in [0.15, 0.2) is 11.9 Å². The van der Waals surface area contributed by atoms with E-state index in [0.717, 1.165) is 0 Å². The van der Waals surface area contributed by atoms with Crippen LogP contribution >= 0.6 is 7.60 Å². The van der Waals surface area contributed by atoms with Gasteiger partial charge >= 0.3 is 7.60 Å². The molecule has 3 nitrogen and oxygen atoms in total. The predicted molar refractivity (Wildman–Crippen MR) is 43.5 cm³/mol. The van der Waals surface area contributed by atoms with Crippen molar-refractivity contribution in [3.8, 4) is 0 Å². The van der Waals surface area contributed by atoms with Crippen molar-refractivity contribution in [2.24, 2.45) is 0 Å². The van der Waals surface area contributed by atoms with Crippen molar-refractivity contribution in [2.75, 3.05) is 6.61 Å². The highest BCUT2D eigenvalue weighted by Crippen LogP contribution is 2.57. The lowest BCUT2D eigenvalue weighted by Gasteiger charge is -2.18. The summed E-state index contributed by atoms with van der Waals surface area (Å²) in [7, 11) is -2.87. The Morgan fingerprint density at radius 2 is 2.27 bits per heavy atom. The van der Waals surface area contributed by atoms with Gasteiger partial charge in [-0.15, -0.1) is 0 Å². The normalized spacial score (nSPS) is 34.5. The van der Waals surface area contributed by atoms with E-state index >= 15 is 0 Å². The van der Waals surface area contributed by atoms with E-state index in [1.807, 2.05) is 13.8 Å². The van der Waals surface area contributed by atoms with Crippen molar-refractivity contribution >= 4 is 7.60 Å². The molecule has 0 saturated carbocycles. The first-order chi connectivity index (χ1) is 4.97. The molecular weight excluding hydrogens is 163 g/mol. The molecule has 0 aromatic rings. The smallest absolute Gasteiger partial charge is 0.306 e. The van der Waals surface area contributed by atoms with Crippen LogP contribution < -0.4 is 0 Å². The van der Waals surface area contributed by atoms with Gasteiger partial charge in [-0.3, -0.25) is 9.09 Å². The van der Waals surface area contributed by atoms with Gasteiger partial charge in [-0.2, -0.15) is 0 Å². The van der Waals surface area contributed by atoms with Crippen LogP contribution in [0.2, 0.25) is 0 Å². The third-order valence-corrected chi connectivity index (χ3v) is 3.19. The second kappa shape index (κ2) is 2.74. The van der Waals surface area contributed by atoms with E-state index in [1.54, 1.807) is 13.0 Å². The summed E-state index contributed by atoms with van der Waals surface area (Å²) in [6.45, 7) is 5.91. The Morgan fingerprint density at radius 1 is 1.64 bits per heavy atom. The molecule has 0 aliphatic carbocycles. The van der Waals surface area contributed by atoms with Crippen molar-refractivity contribution in [1.82, 2.24) is 0 Å². The summed E-state index contributed by atoms with van der Waals surface area (Å²) in [5.41, 5.74) is -0.440. The molecule has 1 rings (SSSR count). The second-order valence-electron chi connectivity index (χ2n) is 2.97. The molecule has 64 valence electrons. The highest BCUT2D eigenvalue weighted by molar-refractivity contribution is 7.57. The van der Waals surface area contributed by atoms with Gasteiger partial charge in [-0.05, 0) is 26.8 Å². The Labute approximate surface area is 66.9 Å². The molecule has 4 heteroatoms. The summed E-state index contributed by atoms with van der Waals surface area (Å²) in [5.74, 6) is 1.52. The van der Waals surface area contributed by atoms with Gasteiger partial charge in [-0.1, -0.05) is 0 Å². The van der Waals surface area contributed by atoms with Crippen LogP contribution in [0.3, 0.4) is 0 Å². The Bertz CT molecular complexity index is 220. The van der Waals surface area contributed by atoms with Crippen molar-refractivity contribution in [3.05, 3.63) is 11.9 Å². The van der Waals surface area contributed by atoms with Crippen LogP contribution in [-0.2, 0) is 13.6 Å². The molecule has 0 fully saturated rings. The van der Waals surface area contributed by atoms with Crippen LogP contribution in [0.25, 0.3) is 0 Å². The fourth-order valence-corrected chi connectivity index (χ4v) is 2.73. The van der Waals surface area contributed by atoms with Gasteiger partial charge in [0.15, 0.2) is 0 Å². The summed E-state index contributed by atoms with van der Waals surface area (Å²) >= 11 is 0. The van der Waals surface area contributed by atoms with E-state index in [2.05, 4.69) is 0 Å². The average molecular weight is 176 g/mol. The highest BCUT2D eigenvalue weighted by Gasteiger charge is 2.35. The summed E-state index contributed by atoms with van der Waals surface area (Å²) in [5, 5.41) is 0. The van der Waals surface area contributed by atoms with E-state index in [4.69, 9.17) is 9.05 Å². The van der Waals surface area contributed by atoms with Crippen LogP contribution in [0.4, 0.5) is 0 Å². The quantitative estimate of drug-likeness (QED) is 0.606. The third kappa shape index (κ3) is 2.16. The first kappa shape index (κ1) is 8.98. The van der Waals surface area contributed by atoms with E-state index in [-0.39, 0.29) is 0 Å². The van der Waals surface area contributed by atoms with Gasteiger partial charge < -0.3 is 4.52 Å². The zero-order valence-electron chi connectivity index (χ0n) is 7.03. The van der Waals surface area contributed by atoms with Gasteiger partial charge in [0.2, 0.25) is 0 Å². The maximum absolute atomic E-state index is 11.5. The molecule has 1 unspecified atom stereocenters. The lowest BCUT2D eigenvalue weighted by Crippen LogP contribution is -2.14. The molecule has 0 spiro atoms. The molecular formula is C7H13O3P. The molecule has 0 N–H and O–H groups in total. The van der Waals surface area contributed by atoms with Crippen molar-refractivity contribution in [1.29, 1.82) is 0 Å². The molecule has 1 atom stereocenters. The Hall–Kier alpha value is -0.110. The third-order valence-electron chi connectivity index (χ3n) is 1.33. The van der Waals surface area contributed by atoms with Crippen LogP contribution in [0.1, 0.15) is 20.8 Å². The number of hydrogen-bond donors (Lipinski definition) is 0. The molecule has 0 radical (unpaired) electrons. The average Bonchev–Trinajstić information content (AvgIpc) is 2.07. The fourth-order valence-electron chi connectivity index (χ4n) is 0.909. The number of hydrogen-bond acceptors (Lipinski definition) is 3. The maximum Gasteiger partial charge on any atom is 0.354 e. The SMILES string of the molecule is CCOP1(=O)C=CC(C)(C)O1. The number of rotatable bonds is 2. The van der Waals surface area contributed by atoms with E-state index in [0.29, 0.717) is 6.61 Å². The predicted octanol–water partition coefficient (Wildman–Crippen LogP) is 2.54. The Kier molecular flexibility index (Phi) is 2.24. The van der Waals surface area contributed by atoms with E-state index in [9.17, 15) is 4.57 Å². The largest absolute Gasteiger partial charge is 0.354 e. The summed E-state index contributed by atoms with van der Waals surface area (Å²) in [4.78, 5) is 0. The van der Waals surface area contributed by atoms with Gasteiger partial charge in [-0.25, -0.2) is 0 Å². The van der Waals surface area contributed by atoms with Crippen LogP contribution in [0.5, 0.6) is 0 Å². The molecule has 1 aliphatic heterocycles. The Balaban J connectivity index is 2.68. The van der Waals surface area contributed by atoms with Crippen LogP contribution in [0, 0.1) is 0 Å². The first-order valence-corrected chi connectivity index (χ1v) is 5.24. The summed E-state index contributed by atoms with van der Waals surface area (Å²) < 4.78 is 21.7. The standard InChI is InChI=1S/C7H13O3P/c1-4-9-11(8)6-5-7(2,3)10-11/h5-6H,4H2,1-3H3. The second-order valence-corrected chi connectivity index (χ2v) is 4.79. The van der Waals surface area contributed by atoms with Gasteiger partial charge in [0.1, 0.15) is 0 Å². The molecule has 0 aromatic heterocycles. The first-order valence-electron chi connectivity index (χ1n) is 3.63. The molecule has 1 aliphatic rings. The van der Waals surface area contributed by atoms with Gasteiger partial charge in [0, 0.05) is 5.82 Å². The highest BCUT2D eigenvalue weighted by atomic mass is 31.2. The zero-order valence-corrected chi connectivity index (χ0v) is 7.93. The van der Waals surface area contributed by atoms with Crippen molar-refractivity contribution in [3.63, 3.8) is 0 Å². The minimum absolute atomic E-state index is 0.414. The maximum atomic E-state index is 11.5. The summed E-state index contributed by atoms with van der Waals surface area (Å²) in [6.07, 6.45) is 1.77. The molecule has 0 amide bonds. The molecule has 11 heavy (non-hydrogen) atoms. The topological polar surface area (TPSA) is 35.5 Å². The fraction of sp³-hybridized carbons (Fsp3) is 0.714. The lowest BCUT2D eigenvalue weighted by atomic mass is 10.1. The van der Waals surface area contributed by atoms with Gasteiger partial charge in [0.05, 0.1) is 12.2 Å². The van der Waals surface area contributed by atoms with Gasteiger partial charge in [0.25, 0.3) is 0 Å². The zero-order chi connectivity index (χ0) is 8.54. The van der Waals surface area contributed by atoms with E-state index < -0.39 is 13.2 Å². The van der Waals surface area contributed by atoms with Crippen molar-refractivity contribution < 1.29 is 13.6 Å². The molecule has 0 bridgehead atoms. The molecule has 0 aromatic carbocycles. The minimum Gasteiger partial charge on any atom is -0.306 e. The van der Waals surface area contributed by atoms with E-state index in [1.165, 1.54) is 5.82 Å². The Morgan fingerprint density at radius 3 is 2.64 bits per heavy atom.